The maximum atomic E-state index is 12.4. The van der Waals surface area contributed by atoms with E-state index >= 15 is 0 Å². The van der Waals surface area contributed by atoms with Gasteiger partial charge >= 0.3 is 6.09 Å². The molecule has 0 aliphatic rings. The molecule has 0 saturated heterocycles. The van der Waals surface area contributed by atoms with E-state index < -0.39 is 12.0 Å². The Balaban J connectivity index is 0.000000195. The van der Waals surface area contributed by atoms with Crippen LogP contribution in [0.15, 0.2) is 107 Å². The van der Waals surface area contributed by atoms with Gasteiger partial charge in [0.2, 0.25) is 5.91 Å². The summed E-state index contributed by atoms with van der Waals surface area (Å²) in [5, 5.41) is 12.0. The van der Waals surface area contributed by atoms with Crippen LogP contribution in [0.5, 0.6) is 0 Å². The molecule has 0 bridgehead atoms. The van der Waals surface area contributed by atoms with Gasteiger partial charge in [-0.3, -0.25) is 19.7 Å². The second-order valence-electron chi connectivity index (χ2n) is 11.4. The maximum Gasteiger partial charge on any atom is 0.411 e. The molecule has 7 N–H and O–H groups in total. The van der Waals surface area contributed by atoms with Crippen LogP contribution in [-0.4, -0.2) is 29.1 Å². The van der Waals surface area contributed by atoms with Gasteiger partial charge in [-0.2, -0.15) is 0 Å². The van der Waals surface area contributed by atoms with Crippen LogP contribution in [0.3, 0.4) is 0 Å². The number of primary amides is 1. The van der Waals surface area contributed by atoms with Gasteiger partial charge in [-0.1, -0.05) is 35.3 Å². The van der Waals surface area contributed by atoms with Crippen LogP contribution in [0.25, 0.3) is 21.8 Å². The van der Waals surface area contributed by atoms with Crippen molar-refractivity contribution in [3.63, 3.8) is 0 Å². The number of hydrogen-bond acceptors (Lipinski definition) is 7. The quantitative estimate of drug-likeness (QED) is 0.0928. The largest absolute Gasteiger partial charge is 0.453 e. The Hall–Kier alpha value is -5.78. The first-order valence-electron chi connectivity index (χ1n) is 15.4. The molecule has 50 heavy (non-hydrogen) atoms. The summed E-state index contributed by atoms with van der Waals surface area (Å²) in [6.07, 6.45) is -0.543. The summed E-state index contributed by atoms with van der Waals surface area (Å²) >= 11 is 12.1. The van der Waals surface area contributed by atoms with Gasteiger partial charge < -0.3 is 31.1 Å². The molecule has 6 rings (SSSR count). The number of aromatic amines is 2. The Labute approximate surface area is 296 Å². The number of fused-ring (bicyclic) bond motifs is 2. The van der Waals surface area contributed by atoms with Crippen molar-refractivity contribution in [3.8, 4) is 0 Å². The average molecular weight is 714 g/mol. The van der Waals surface area contributed by atoms with E-state index in [1.54, 1.807) is 66.7 Å². The SMILES string of the molecule is CC(Nc1cccc(C(N)=O)c1)c1cc2cc(Cl)ccc2[nH]c1=O.COC(=O)Nc1cccc(NC(C)c2cc3cc(Cl)ccc3[nH]c2=O)c1. The number of halogens is 2. The Bertz CT molecular complexity index is 2320. The first kappa shape index (κ1) is 35.5. The van der Waals surface area contributed by atoms with Crippen molar-refractivity contribution >= 4 is 74.1 Å². The first-order chi connectivity index (χ1) is 23.9. The number of carbonyl (C=O) groups is 2. The number of nitrogens with two attached hydrogens (primary N) is 1. The van der Waals surface area contributed by atoms with Gasteiger partial charge in [-0.15, -0.1) is 0 Å². The summed E-state index contributed by atoms with van der Waals surface area (Å²) in [7, 11) is 1.30. The van der Waals surface area contributed by atoms with Crippen LogP contribution in [0.2, 0.25) is 10.0 Å². The molecule has 2 atom stereocenters. The van der Waals surface area contributed by atoms with Crippen molar-refractivity contribution in [1.82, 2.24) is 9.97 Å². The van der Waals surface area contributed by atoms with E-state index in [1.807, 2.05) is 44.2 Å². The van der Waals surface area contributed by atoms with E-state index in [0.29, 0.717) is 38.1 Å². The van der Waals surface area contributed by atoms with E-state index in [1.165, 1.54) is 7.11 Å². The molecule has 256 valence electrons. The molecular formula is C37H34Cl2N6O5. The zero-order chi connectivity index (χ0) is 35.9. The Morgan fingerprint density at radius 3 is 1.66 bits per heavy atom. The number of H-pyrrole nitrogens is 2. The van der Waals surface area contributed by atoms with Crippen LogP contribution in [0.1, 0.15) is 47.4 Å². The number of rotatable bonds is 8. The monoisotopic (exact) mass is 712 g/mol. The van der Waals surface area contributed by atoms with E-state index in [9.17, 15) is 19.2 Å². The van der Waals surface area contributed by atoms with Gasteiger partial charge in [0.1, 0.15) is 0 Å². The highest BCUT2D eigenvalue weighted by molar-refractivity contribution is 6.31. The highest BCUT2D eigenvalue weighted by atomic mass is 35.5. The standard InChI is InChI=1S/C19H18ClN3O3.C18H16ClN3O2/c1-11(21-14-4-3-5-15(10-14)22-19(25)26-2)16-9-12-8-13(20)6-7-17(12)23-18(16)24;1-10(21-14-4-2-3-11(8-14)17(20)23)15-9-12-7-13(19)5-6-16(12)22-18(15)24/h3-11,21H,1-2H3,(H,22,25)(H,23,24);2-10,21H,1H3,(H2,20,23)(H,22,24). The minimum atomic E-state index is -0.543. The van der Waals surface area contributed by atoms with E-state index in [4.69, 9.17) is 28.9 Å². The lowest BCUT2D eigenvalue weighted by atomic mass is 10.1. The summed E-state index contributed by atoms with van der Waals surface area (Å²) in [5.74, 6) is -0.496. The molecule has 0 aliphatic heterocycles. The van der Waals surface area contributed by atoms with Gasteiger partial charge in [0, 0.05) is 65.6 Å². The van der Waals surface area contributed by atoms with Crippen LogP contribution < -0.4 is 32.8 Å². The number of aromatic nitrogens is 2. The highest BCUT2D eigenvalue weighted by Gasteiger charge is 2.14. The number of anilines is 3. The molecule has 11 nitrogen and oxygen atoms in total. The Morgan fingerprint density at radius 2 is 1.16 bits per heavy atom. The fourth-order valence-electron chi connectivity index (χ4n) is 5.31. The molecule has 0 radical (unpaired) electrons. The number of methoxy groups -OCH3 is 1. The number of amides is 2. The molecule has 2 heterocycles. The smallest absolute Gasteiger partial charge is 0.411 e. The number of ether oxygens (including phenoxy) is 1. The fourth-order valence-corrected chi connectivity index (χ4v) is 5.67. The summed E-state index contributed by atoms with van der Waals surface area (Å²) in [6.45, 7) is 3.76. The van der Waals surface area contributed by atoms with Crippen LogP contribution >= 0.6 is 23.2 Å². The molecule has 2 aromatic heterocycles. The summed E-state index contributed by atoms with van der Waals surface area (Å²) < 4.78 is 4.58. The lowest BCUT2D eigenvalue weighted by molar-refractivity contribution is 0.1000. The lowest BCUT2D eigenvalue weighted by Gasteiger charge is -2.16. The number of hydrogen-bond donors (Lipinski definition) is 6. The van der Waals surface area contributed by atoms with Crippen molar-refractivity contribution < 1.29 is 14.3 Å². The second kappa shape index (κ2) is 15.6. The van der Waals surface area contributed by atoms with Gasteiger partial charge in [0.25, 0.3) is 11.1 Å². The third-order valence-electron chi connectivity index (χ3n) is 7.81. The zero-order valence-electron chi connectivity index (χ0n) is 27.3. The summed E-state index contributed by atoms with van der Waals surface area (Å²) in [5.41, 5.74) is 10.1. The maximum absolute atomic E-state index is 12.4. The van der Waals surface area contributed by atoms with Gasteiger partial charge in [0.15, 0.2) is 0 Å². The van der Waals surface area contributed by atoms with Crippen molar-refractivity contribution in [2.45, 2.75) is 25.9 Å². The summed E-state index contributed by atoms with van der Waals surface area (Å²) in [6, 6.07) is 27.8. The van der Waals surface area contributed by atoms with Gasteiger partial charge in [0.05, 0.1) is 19.2 Å². The van der Waals surface area contributed by atoms with Crippen LogP contribution in [0, 0.1) is 0 Å². The minimum Gasteiger partial charge on any atom is -0.453 e. The zero-order valence-corrected chi connectivity index (χ0v) is 28.8. The van der Waals surface area contributed by atoms with Crippen molar-refractivity contribution in [1.29, 1.82) is 0 Å². The third-order valence-corrected chi connectivity index (χ3v) is 8.28. The van der Waals surface area contributed by atoms with Crippen molar-refractivity contribution in [3.05, 3.63) is 145 Å². The molecule has 0 aliphatic carbocycles. The molecule has 0 spiro atoms. The normalized spacial score (nSPS) is 11.9. The minimum absolute atomic E-state index is 0.163. The second-order valence-corrected chi connectivity index (χ2v) is 12.3. The van der Waals surface area contributed by atoms with E-state index in [0.717, 1.165) is 27.5 Å². The molecule has 4 aromatic carbocycles. The van der Waals surface area contributed by atoms with Crippen molar-refractivity contribution in [2.24, 2.45) is 5.73 Å². The number of pyridine rings is 2. The molecule has 2 amide bonds. The van der Waals surface area contributed by atoms with Gasteiger partial charge in [-0.25, -0.2) is 4.79 Å². The molecule has 0 saturated carbocycles. The first-order valence-corrected chi connectivity index (χ1v) is 16.2. The Morgan fingerprint density at radius 1 is 0.680 bits per heavy atom. The number of nitrogens with one attached hydrogen (secondary N) is 5. The van der Waals surface area contributed by atoms with Crippen molar-refractivity contribution in [2.75, 3.05) is 23.1 Å². The van der Waals surface area contributed by atoms with E-state index in [2.05, 4.69) is 30.7 Å². The predicted octanol–water partition coefficient (Wildman–Crippen LogP) is 7.99. The lowest BCUT2D eigenvalue weighted by Crippen LogP contribution is -2.19. The predicted molar refractivity (Wildman–Crippen MR) is 201 cm³/mol. The summed E-state index contributed by atoms with van der Waals surface area (Å²) in [4.78, 5) is 53.0. The highest BCUT2D eigenvalue weighted by Crippen LogP contribution is 2.25. The fraction of sp³-hybridized carbons (Fsp3) is 0.135. The Kier molecular flexibility index (Phi) is 11.1. The topological polar surface area (TPSA) is 171 Å². The molecule has 0 fully saturated rings. The average Bonchev–Trinajstić information content (AvgIpc) is 3.08. The third kappa shape index (κ3) is 8.81. The number of carbonyl (C=O) groups excluding carboxylic acids is 2. The molecular weight excluding hydrogens is 679 g/mol. The molecule has 13 heteroatoms. The molecule has 6 aromatic rings. The van der Waals surface area contributed by atoms with Crippen LogP contribution in [0.4, 0.5) is 21.9 Å². The van der Waals surface area contributed by atoms with Gasteiger partial charge in [-0.05, 0) is 98.8 Å². The molecule has 2 unspecified atom stereocenters. The number of benzene rings is 4. The van der Waals surface area contributed by atoms with Crippen LogP contribution in [-0.2, 0) is 4.74 Å². The van der Waals surface area contributed by atoms with E-state index in [-0.39, 0.29) is 23.2 Å².